The number of hydrogen-bond donors (Lipinski definition) is 1. The number of nitrogens with zero attached hydrogens (tertiary/aromatic N) is 2. The summed E-state index contributed by atoms with van der Waals surface area (Å²) in [4.78, 5) is 20.2. The van der Waals surface area contributed by atoms with Gasteiger partial charge in [-0.05, 0) is 56.6 Å². The molecule has 2 aliphatic rings. The Kier molecular flexibility index (Phi) is 6.09. The summed E-state index contributed by atoms with van der Waals surface area (Å²) in [6.45, 7) is 14.0. The molecule has 0 aromatic carbocycles. The fourth-order valence-corrected chi connectivity index (χ4v) is 3.75. The number of morpholine rings is 1. The fourth-order valence-electron chi connectivity index (χ4n) is 3.75. The van der Waals surface area contributed by atoms with Crippen molar-refractivity contribution in [1.29, 1.82) is 0 Å². The third kappa shape index (κ3) is 5.22. The highest BCUT2D eigenvalue weighted by atomic mass is 16.5. The van der Waals surface area contributed by atoms with E-state index >= 15 is 0 Å². The van der Waals surface area contributed by atoms with Gasteiger partial charge in [0.05, 0.1) is 30.5 Å². The summed E-state index contributed by atoms with van der Waals surface area (Å²) in [6.07, 6.45) is 4.38. The zero-order chi connectivity index (χ0) is 19.6. The molecule has 0 spiro atoms. The van der Waals surface area contributed by atoms with Gasteiger partial charge >= 0.3 is 0 Å². The van der Waals surface area contributed by atoms with Crippen molar-refractivity contribution in [3.8, 4) is 0 Å². The zero-order valence-corrected chi connectivity index (χ0v) is 17.6. The van der Waals surface area contributed by atoms with Crippen molar-refractivity contribution in [1.82, 2.24) is 10.3 Å². The number of aromatic nitrogens is 1. The van der Waals surface area contributed by atoms with Crippen LogP contribution in [0.25, 0.3) is 0 Å². The Labute approximate surface area is 163 Å². The maximum atomic E-state index is 12.9. The number of nitrogens with one attached hydrogen (secondary N) is 1. The van der Waals surface area contributed by atoms with Gasteiger partial charge in [0.15, 0.2) is 0 Å². The average molecular weight is 374 g/mol. The first-order chi connectivity index (χ1) is 12.8. The number of anilines is 1. The topological polar surface area (TPSA) is 54.5 Å². The molecule has 1 N–H and O–H groups in total. The Bertz CT molecular complexity index is 677. The SMILES string of the molecule is Cc1cc(N2CCOC[C@H]2C)nc(C2CC2)c1C(=O)NCCCC(C)(C)C. The third-order valence-corrected chi connectivity index (χ3v) is 5.47. The van der Waals surface area contributed by atoms with E-state index in [-0.39, 0.29) is 5.91 Å². The second-order valence-corrected chi connectivity index (χ2v) is 9.37. The van der Waals surface area contributed by atoms with Gasteiger partial charge in [-0.1, -0.05) is 20.8 Å². The first-order valence-electron chi connectivity index (χ1n) is 10.4. The van der Waals surface area contributed by atoms with Gasteiger partial charge in [-0.15, -0.1) is 0 Å². The summed E-state index contributed by atoms with van der Waals surface area (Å²) in [5.74, 6) is 1.47. The lowest BCUT2D eigenvalue weighted by atomic mass is 9.90. The molecule has 1 aliphatic carbocycles. The van der Waals surface area contributed by atoms with Crippen molar-refractivity contribution in [3.05, 3.63) is 22.9 Å². The first-order valence-corrected chi connectivity index (χ1v) is 10.4. The highest BCUT2D eigenvalue weighted by Crippen LogP contribution is 2.42. The minimum Gasteiger partial charge on any atom is -0.377 e. The van der Waals surface area contributed by atoms with Crippen LogP contribution < -0.4 is 10.2 Å². The van der Waals surface area contributed by atoms with E-state index in [9.17, 15) is 4.79 Å². The van der Waals surface area contributed by atoms with Crippen LogP contribution >= 0.6 is 0 Å². The summed E-state index contributed by atoms with van der Waals surface area (Å²) in [5, 5.41) is 3.13. The fraction of sp³-hybridized carbons (Fsp3) is 0.727. The van der Waals surface area contributed by atoms with Crippen LogP contribution in [-0.2, 0) is 4.74 Å². The summed E-state index contributed by atoms with van der Waals surface area (Å²) in [7, 11) is 0. The number of rotatable bonds is 6. The van der Waals surface area contributed by atoms with Crippen molar-refractivity contribution in [2.45, 2.75) is 72.3 Å². The zero-order valence-electron chi connectivity index (χ0n) is 17.6. The Hall–Kier alpha value is -1.62. The summed E-state index contributed by atoms with van der Waals surface area (Å²) >= 11 is 0. The van der Waals surface area contributed by atoms with Crippen LogP contribution in [0.3, 0.4) is 0 Å². The van der Waals surface area contributed by atoms with Gasteiger partial charge in [-0.25, -0.2) is 4.98 Å². The summed E-state index contributed by atoms with van der Waals surface area (Å²) in [6, 6.07) is 2.40. The van der Waals surface area contributed by atoms with Gasteiger partial charge in [0, 0.05) is 19.0 Å². The quantitative estimate of drug-likeness (QED) is 0.765. The molecular formula is C22H35N3O2. The molecule has 0 radical (unpaired) electrons. The normalized spacial score (nSPS) is 20.6. The van der Waals surface area contributed by atoms with Gasteiger partial charge < -0.3 is 15.0 Å². The minimum absolute atomic E-state index is 0.0392. The standard InChI is InChI=1S/C22H35N3O2/c1-15-13-18(25-11-12-27-14-16(25)2)24-20(17-7-8-17)19(15)21(26)23-10-6-9-22(3,4)5/h13,16-17H,6-12,14H2,1-5H3,(H,23,26)/t16-/m1/s1. The highest BCUT2D eigenvalue weighted by molar-refractivity contribution is 5.97. The lowest BCUT2D eigenvalue weighted by molar-refractivity contribution is 0.0948. The van der Waals surface area contributed by atoms with Crippen LogP contribution in [0.15, 0.2) is 6.07 Å². The van der Waals surface area contributed by atoms with E-state index in [1.165, 1.54) is 0 Å². The van der Waals surface area contributed by atoms with E-state index in [1.54, 1.807) is 0 Å². The molecule has 5 nitrogen and oxygen atoms in total. The summed E-state index contributed by atoms with van der Waals surface area (Å²) < 4.78 is 5.56. The Morgan fingerprint density at radius 1 is 1.37 bits per heavy atom. The van der Waals surface area contributed by atoms with Gasteiger partial charge in [0.25, 0.3) is 5.91 Å². The smallest absolute Gasteiger partial charge is 0.253 e. The minimum atomic E-state index is 0.0392. The van der Waals surface area contributed by atoms with E-state index in [0.717, 1.165) is 74.6 Å². The summed E-state index contributed by atoms with van der Waals surface area (Å²) in [5.41, 5.74) is 3.14. The molecule has 1 atom stereocenters. The van der Waals surface area contributed by atoms with Crippen LogP contribution in [0, 0.1) is 12.3 Å². The largest absolute Gasteiger partial charge is 0.377 e. The molecule has 1 amide bonds. The number of hydrogen-bond acceptors (Lipinski definition) is 4. The molecular weight excluding hydrogens is 338 g/mol. The molecule has 3 rings (SSSR count). The van der Waals surface area contributed by atoms with Crippen molar-refractivity contribution in [2.24, 2.45) is 5.41 Å². The number of carbonyl (C=O) groups excluding carboxylic acids is 1. The maximum Gasteiger partial charge on any atom is 0.253 e. The molecule has 1 aliphatic heterocycles. The van der Waals surface area contributed by atoms with Gasteiger partial charge in [0.1, 0.15) is 5.82 Å². The first kappa shape index (κ1) is 20.1. The van der Waals surface area contributed by atoms with Gasteiger partial charge in [-0.3, -0.25) is 4.79 Å². The van der Waals surface area contributed by atoms with E-state index in [0.29, 0.717) is 17.4 Å². The Morgan fingerprint density at radius 2 is 2.11 bits per heavy atom. The molecule has 2 heterocycles. The van der Waals surface area contributed by atoms with Crippen molar-refractivity contribution >= 4 is 11.7 Å². The lowest BCUT2D eigenvalue weighted by Crippen LogP contribution is -2.44. The van der Waals surface area contributed by atoms with Crippen LogP contribution in [0.1, 0.15) is 80.9 Å². The van der Waals surface area contributed by atoms with E-state index < -0.39 is 0 Å². The van der Waals surface area contributed by atoms with E-state index in [4.69, 9.17) is 9.72 Å². The molecule has 5 heteroatoms. The number of ether oxygens (including phenoxy) is 1. The molecule has 1 aromatic heterocycles. The Morgan fingerprint density at radius 3 is 2.74 bits per heavy atom. The molecule has 1 aromatic rings. The molecule has 27 heavy (non-hydrogen) atoms. The molecule has 0 unspecified atom stereocenters. The van der Waals surface area contributed by atoms with Crippen molar-refractivity contribution in [2.75, 3.05) is 31.2 Å². The maximum absolute atomic E-state index is 12.9. The van der Waals surface area contributed by atoms with Gasteiger partial charge in [0.2, 0.25) is 0 Å². The van der Waals surface area contributed by atoms with Crippen molar-refractivity contribution in [3.63, 3.8) is 0 Å². The molecule has 2 fully saturated rings. The van der Waals surface area contributed by atoms with E-state index in [2.05, 4.69) is 44.0 Å². The lowest BCUT2D eigenvalue weighted by Gasteiger charge is -2.35. The second kappa shape index (κ2) is 8.17. The average Bonchev–Trinajstić information content (AvgIpc) is 3.42. The van der Waals surface area contributed by atoms with Crippen LogP contribution in [0.2, 0.25) is 0 Å². The molecule has 1 saturated heterocycles. The van der Waals surface area contributed by atoms with Crippen LogP contribution in [0.4, 0.5) is 5.82 Å². The Balaban J connectivity index is 1.75. The van der Waals surface area contributed by atoms with Crippen molar-refractivity contribution < 1.29 is 9.53 Å². The molecule has 1 saturated carbocycles. The van der Waals surface area contributed by atoms with Crippen LogP contribution in [0.5, 0.6) is 0 Å². The number of carbonyl (C=O) groups is 1. The third-order valence-electron chi connectivity index (χ3n) is 5.47. The number of amides is 1. The number of pyridine rings is 1. The predicted molar refractivity (Wildman–Crippen MR) is 110 cm³/mol. The monoisotopic (exact) mass is 373 g/mol. The number of aryl methyl sites for hydroxylation is 1. The van der Waals surface area contributed by atoms with Crippen LogP contribution in [-0.4, -0.2) is 43.2 Å². The molecule has 0 bridgehead atoms. The predicted octanol–water partition coefficient (Wildman–Crippen LogP) is 4.05. The highest BCUT2D eigenvalue weighted by Gasteiger charge is 2.32. The van der Waals surface area contributed by atoms with Gasteiger partial charge in [-0.2, -0.15) is 0 Å². The van der Waals surface area contributed by atoms with E-state index in [1.807, 2.05) is 6.92 Å². The second-order valence-electron chi connectivity index (χ2n) is 9.37. The molecule has 150 valence electrons.